The third-order valence-corrected chi connectivity index (χ3v) is 5.61. The van der Waals surface area contributed by atoms with E-state index in [-0.39, 0.29) is 5.91 Å². The van der Waals surface area contributed by atoms with E-state index in [1.165, 1.54) is 55.4 Å². The fourth-order valence-corrected chi connectivity index (χ4v) is 4.21. The monoisotopic (exact) mass is 357 g/mol. The highest BCUT2D eigenvalue weighted by Crippen LogP contribution is 2.28. The molecule has 1 amide bonds. The number of aryl methyl sites for hydroxylation is 2. The van der Waals surface area contributed by atoms with Gasteiger partial charge in [0.1, 0.15) is 0 Å². The molecule has 1 N–H and O–H groups in total. The first kappa shape index (κ1) is 16.0. The SMILES string of the molecule is O=C(NCCCCCCBr)c1cc2c(s1)CCCCC2. The second kappa shape index (κ2) is 8.83. The number of amides is 1. The lowest BCUT2D eigenvalue weighted by Gasteiger charge is -2.03. The van der Waals surface area contributed by atoms with E-state index in [0.29, 0.717) is 0 Å². The third-order valence-electron chi connectivity index (χ3n) is 3.82. The summed E-state index contributed by atoms with van der Waals surface area (Å²) in [4.78, 5) is 14.5. The lowest BCUT2D eigenvalue weighted by atomic mass is 10.1. The summed E-state index contributed by atoms with van der Waals surface area (Å²) >= 11 is 5.15. The van der Waals surface area contributed by atoms with E-state index in [1.807, 2.05) is 0 Å². The van der Waals surface area contributed by atoms with Crippen molar-refractivity contribution in [3.8, 4) is 0 Å². The van der Waals surface area contributed by atoms with E-state index < -0.39 is 0 Å². The van der Waals surface area contributed by atoms with Crippen molar-refractivity contribution in [1.29, 1.82) is 0 Å². The van der Waals surface area contributed by atoms with Crippen LogP contribution in [-0.4, -0.2) is 17.8 Å². The van der Waals surface area contributed by atoms with Gasteiger partial charge in [-0.25, -0.2) is 0 Å². The Labute approximate surface area is 134 Å². The summed E-state index contributed by atoms with van der Waals surface area (Å²) in [5.41, 5.74) is 1.43. The minimum absolute atomic E-state index is 0.128. The van der Waals surface area contributed by atoms with Crippen LogP contribution < -0.4 is 5.32 Å². The van der Waals surface area contributed by atoms with Crippen LogP contribution >= 0.6 is 27.3 Å². The van der Waals surface area contributed by atoms with Crippen molar-refractivity contribution in [3.05, 3.63) is 21.4 Å². The van der Waals surface area contributed by atoms with Crippen LogP contribution in [0.25, 0.3) is 0 Å². The Kier molecular flexibility index (Phi) is 7.08. The number of nitrogens with one attached hydrogen (secondary N) is 1. The van der Waals surface area contributed by atoms with Gasteiger partial charge in [-0.05, 0) is 50.2 Å². The van der Waals surface area contributed by atoms with Crippen LogP contribution in [0.2, 0.25) is 0 Å². The van der Waals surface area contributed by atoms with Gasteiger partial charge in [-0.2, -0.15) is 0 Å². The molecule has 20 heavy (non-hydrogen) atoms. The van der Waals surface area contributed by atoms with Gasteiger partial charge in [-0.1, -0.05) is 35.2 Å². The predicted octanol–water partition coefficient (Wildman–Crippen LogP) is 4.70. The van der Waals surface area contributed by atoms with E-state index in [0.717, 1.165) is 29.6 Å². The molecule has 1 aliphatic carbocycles. The summed E-state index contributed by atoms with van der Waals surface area (Å²) in [5, 5.41) is 4.14. The molecule has 0 spiro atoms. The number of halogens is 1. The number of hydrogen-bond acceptors (Lipinski definition) is 2. The van der Waals surface area contributed by atoms with E-state index >= 15 is 0 Å². The van der Waals surface area contributed by atoms with Crippen molar-refractivity contribution in [2.75, 3.05) is 11.9 Å². The molecule has 0 aromatic carbocycles. The van der Waals surface area contributed by atoms with Gasteiger partial charge in [0.2, 0.25) is 0 Å². The number of alkyl halides is 1. The maximum absolute atomic E-state index is 12.1. The van der Waals surface area contributed by atoms with Gasteiger partial charge < -0.3 is 5.32 Å². The number of hydrogen-bond donors (Lipinski definition) is 1. The second-order valence-corrected chi connectivity index (χ2v) is 7.41. The maximum Gasteiger partial charge on any atom is 0.261 e. The van der Waals surface area contributed by atoms with E-state index in [2.05, 4.69) is 27.3 Å². The summed E-state index contributed by atoms with van der Waals surface area (Å²) in [7, 11) is 0. The second-order valence-electron chi connectivity index (χ2n) is 5.48. The highest BCUT2D eigenvalue weighted by atomic mass is 79.9. The average molecular weight is 358 g/mol. The highest BCUT2D eigenvalue weighted by molar-refractivity contribution is 9.09. The normalized spacial score (nSPS) is 14.7. The summed E-state index contributed by atoms with van der Waals surface area (Å²) < 4.78 is 0. The topological polar surface area (TPSA) is 29.1 Å². The minimum Gasteiger partial charge on any atom is -0.351 e. The zero-order valence-electron chi connectivity index (χ0n) is 12.0. The van der Waals surface area contributed by atoms with Crippen LogP contribution in [0, 0.1) is 0 Å². The molecule has 0 bridgehead atoms. The third kappa shape index (κ3) is 4.88. The minimum atomic E-state index is 0.128. The molecule has 0 saturated carbocycles. The van der Waals surface area contributed by atoms with Crippen LogP contribution in [0.15, 0.2) is 6.07 Å². The zero-order chi connectivity index (χ0) is 14.2. The largest absolute Gasteiger partial charge is 0.351 e. The number of fused-ring (bicyclic) bond motifs is 1. The first-order valence-corrected chi connectivity index (χ1v) is 9.71. The molecular weight excluding hydrogens is 334 g/mol. The molecule has 0 aliphatic heterocycles. The molecule has 4 heteroatoms. The van der Waals surface area contributed by atoms with Gasteiger partial charge >= 0.3 is 0 Å². The Balaban J connectivity index is 1.75. The lowest BCUT2D eigenvalue weighted by Crippen LogP contribution is -2.23. The molecule has 2 nitrogen and oxygen atoms in total. The molecule has 0 radical (unpaired) electrons. The van der Waals surface area contributed by atoms with Crippen molar-refractivity contribution >= 4 is 33.2 Å². The molecule has 0 atom stereocenters. The van der Waals surface area contributed by atoms with Gasteiger partial charge in [0.15, 0.2) is 0 Å². The lowest BCUT2D eigenvalue weighted by molar-refractivity contribution is 0.0957. The van der Waals surface area contributed by atoms with Crippen molar-refractivity contribution in [1.82, 2.24) is 5.32 Å². The Hall–Kier alpha value is -0.350. The smallest absolute Gasteiger partial charge is 0.261 e. The Morgan fingerprint density at radius 1 is 1.15 bits per heavy atom. The molecule has 112 valence electrons. The van der Waals surface area contributed by atoms with E-state index in [1.54, 1.807) is 11.3 Å². The molecule has 2 rings (SSSR count). The van der Waals surface area contributed by atoms with Crippen molar-refractivity contribution in [3.63, 3.8) is 0 Å². The number of carbonyl (C=O) groups is 1. The number of unbranched alkanes of at least 4 members (excludes halogenated alkanes) is 3. The molecule has 1 aliphatic rings. The Morgan fingerprint density at radius 3 is 2.80 bits per heavy atom. The number of rotatable bonds is 7. The molecule has 1 aromatic heterocycles. The maximum atomic E-state index is 12.1. The summed E-state index contributed by atoms with van der Waals surface area (Å²) in [6.45, 7) is 0.809. The van der Waals surface area contributed by atoms with Crippen LogP contribution in [0.4, 0.5) is 0 Å². The average Bonchev–Trinajstić information content (AvgIpc) is 2.74. The van der Waals surface area contributed by atoms with E-state index in [9.17, 15) is 4.79 Å². The van der Waals surface area contributed by atoms with Crippen molar-refractivity contribution < 1.29 is 4.79 Å². The van der Waals surface area contributed by atoms with Gasteiger partial charge in [0.05, 0.1) is 4.88 Å². The van der Waals surface area contributed by atoms with Crippen molar-refractivity contribution in [2.45, 2.75) is 57.8 Å². The molecule has 0 unspecified atom stereocenters. The highest BCUT2D eigenvalue weighted by Gasteiger charge is 2.15. The van der Waals surface area contributed by atoms with Gasteiger partial charge in [0.25, 0.3) is 5.91 Å². The van der Waals surface area contributed by atoms with Crippen LogP contribution in [0.5, 0.6) is 0 Å². The molecular formula is C16H24BrNOS. The molecule has 1 heterocycles. The summed E-state index contributed by atoms with van der Waals surface area (Å²) in [6, 6.07) is 2.13. The quantitative estimate of drug-likeness (QED) is 0.427. The van der Waals surface area contributed by atoms with E-state index in [4.69, 9.17) is 0 Å². The Morgan fingerprint density at radius 2 is 1.95 bits per heavy atom. The van der Waals surface area contributed by atoms with Gasteiger partial charge in [0, 0.05) is 16.8 Å². The number of carbonyl (C=O) groups excluding carboxylic acids is 1. The summed E-state index contributed by atoms with van der Waals surface area (Å²) in [5.74, 6) is 0.128. The van der Waals surface area contributed by atoms with Crippen LogP contribution in [0.3, 0.4) is 0 Å². The first-order chi connectivity index (χ1) is 9.81. The molecule has 0 saturated heterocycles. The predicted molar refractivity (Wildman–Crippen MR) is 90.2 cm³/mol. The Bertz CT molecular complexity index is 407. The first-order valence-electron chi connectivity index (χ1n) is 7.77. The van der Waals surface area contributed by atoms with Crippen LogP contribution in [0.1, 0.15) is 65.1 Å². The standard InChI is InChI=1S/C16H24BrNOS/c17-10-6-1-2-7-11-18-16(19)15-12-13-8-4-3-5-9-14(13)20-15/h12H,1-11H2,(H,18,19). The fraction of sp³-hybridized carbons (Fsp3) is 0.688. The number of thiophene rings is 1. The van der Waals surface area contributed by atoms with Gasteiger partial charge in [-0.15, -0.1) is 11.3 Å². The molecule has 0 fully saturated rings. The zero-order valence-corrected chi connectivity index (χ0v) is 14.5. The van der Waals surface area contributed by atoms with Gasteiger partial charge in [-0.3, -0.25) is 4.79 Å². The van der Waals surface area contributed by atoms with Crippen LogP contribution in [-0.2, 0) is 12.8 Å². The summed E-state index contributed by atoms with van der Waals surface area (Å²) in [6.07, 6.45) is 11.0. The van der Waals surface area contributed by atoms with Crippen molar-refractivity contribution in [2.24, 2.45) is 0 Å². The fourth-order valence-electron chi connectivity index (χ4n) is 2.64. The molecule has 1 aromatic rings.